The van der Waals surface area contributed by atoms with Gasteiger partial charge in [0.1, 0.15) is 0 Å². The average Bonchev–Trinajstić information content (AvgIpc) is 3.04. The van der Waals surface area contributed by atoms with Gasteiger partial charge in [-0.15, -0.1) is 10.2 Å². The zero-order chi connectivity index (χ0) is 17.9. The van der Waals surface area contributed by atoms with Gasteiger partial charge in [-0.3, -0.25) is 0 Å². The van der Waals surface area contributed by atoms with Crippen molar-refractivity contribution in [3.63, 3.8) is 0 Å². The van der Waals surface area contributed by atoms with Gasteiger partial charge in [0.15, 0.2) is 0 Å². The summed E-state index contributed by atoms with van der Waals surface area (Å²) in [6, 6.07) is 14.4. The van der Waals surface area contributed by atoms with E-state index in [1.54, 1.807) is 30.3 Å². The van der Waals surface area contributed by atoms with E-state index in [9.17, 15) is 8.42 Å². The second kappa shape index (κ2) is 7.35. The third-order valence-corrected chi connectivity index (χ3v) is 5.23. The van der Waals surface area contributed by atoms with Crippen molar-refractivity contribution in [1.82, 2.24) is 14.9 Å². The normalized spacial score (nSPS) is 11.6. The number of aromatic nitrogens is 2. The van der Waals surface area contributed by atoms with Crippen molar-refractivity contribution < 1.29 is 12.8 Å². The van der Waals surface area contributed by atoms with Crippen LogP contribution in [-0.2, 0) is 22.3 Å². The Kier molecular flexibility index (Phi) is 5.17. The summed E-state index contributed by atoms with van der Waals surface area (Å²) in [7, 11) is -3.52. The van der Waals surface area contributed by atoms with E-state index in [1.165, 1.54) is 0 Å². The highest BCUT2D eigenvalue weighted by atomic mass is 35.5. The first-order chi connectivity index (χ1) is 11.9. The SMILES string of the molecule is Cc1ccccc1CS(=O)(=O)NCc1nnc(-c2ccccc2Cl)o1. The van der Waals surface area contributed by atoms with Crippen LogP contribution in [0.15, 0.2) is 52.9 Å². The van der Waals surface area contributed by atoms with Crippen molar-refractivity contribution in [2.24, 2.45) is 0 Å². The molecule has 0 radical (unpaired) electrons. The molecular weight excluding hydrogens is 362 g/mol. The lowest BCUT2D eigenvalue weighted by Crippen LogP contribution is -2.25. The zero-order valence-corrected chi connectivity index (χ0v) is 15.0. The van der Waals surface area contributed by atoms with Crippen molar-refractivity contribution >= 4 is 21.6 Å². The zero-order valence-electron chi connectivity index (χ0n) is 13.4. The molecule has 3 aromatic rings. The van der Waals surface area contributed by atoms with E-state index in [-0.39, 0.29) is 24.1 Å². The Balaban J connectivity index is 1.68. The van der Waals surface area contributed by atoms with Crippen molar-refractivity contribution in [3.8, 4) is 11.5 Å². The summed E-state index contributed by atoms with van der Waals surface area (Å²) in [4.78, 5) is 0. The fourth-order valence-corrected chi connectivity index (χ4v) is 3.66. The van der Waals surface area contributed by atoms with Crippen LogP contribution in [0.1, 0.15) is 17.0 Å². The van der Waals surface area contributed by atoms with E-state index in [4.69, 9.17) is 16.0 Å². The number of nitrogens with zero attached hydrogens (tertiary/aromatic N) is 2. The Bertz CT molecular complexity index is 986. The maximum Gasteiger partial charge on any atom is 0.249 e. The maximum atomic E-state index is 12.2. The lowest BCUT2D eigenvalue weighted by molar-refractivity contribution is 0.494. The molecule has 0 bridgehead atoms. The molecular formula is C17H16ClN3O3S. The topological polar surface area (TPSA) is 85.1 Å². The van der Waals surface area contributed by atoms with Crippen molar-refractivity contribution in [2.75, 3.05) is 0 Å². The molecule has 0 fully saturated rings. The van der Waals surface area contributed by atoms with Gasteiger partial charge in [-0.25, -0.2) is 13.1 Å². The molecule has 1 heterocycles. The monoisotopic (exact) mass is 377 g/mol. The molecule has 2 aromatic carbocycles. The fraction of sp³-hybridized carbons (Fsp3) is 0.176. The number of rotatable bonds is 6. The van der Waals surface area contributed by atoms with Gasteiger partial charge < -0.3 is 4.42 Å². The highest BCUT2D eigenvalue weighted by molar-refractivity contribution is 7.88. The molecule has 8 heteroatoms. The number of benzene rings is 2. The highest BCUT2D eigenvalue weighted by Gasteiger charge is 2.16. The van der Waals surface area contributed by atoms with Crippen molar-refractivity contribution in [3.05, 3.63) is 70.6 Å². The Morgan fingerprint density at radius 1 is 1.08 bits per heavy atom. The Hall–Kier alpha value is -2.22. The summed E-state index contributed by atoms with van der Waals surface area (Å²) in [6.07, 6.45) is 0. The molecule has 0 saturated heterocycles. The van der Waals surface area contributed by atoms with Crippen LogP contribution in [0, 0.1) is 6.92 Å². The van der Waals surface area contributed by atoms with Crippen molar-refractivity contribution in [1.29, 1.82) is 0 Å². The quantitative estimate of drug-likeness (QED) is 0.712. The molecule has 1 N–H and O–H groups in total. The molecule has 3 rings (SSSR count). The molecule has 0 aliphatic rings. The van der Waals surface area contributed by atoms with Gasteiger partial charge in [-0.2, -0.15) is 0 Å². The predicted octanol–water partition coefficient (Wildman–Crippen LogP) is 3.32. The van der Waals surface area contributed by atoms with Gasteiger partial charge in [-0.1, -0.05) is 48.0 Å². The molecule has 0 amide bonds. The smallest absolute Gasteiger partial charge is 0.249 e. The van der Waals surface area contributed by atoms with Gasteiger partial charge in [0.05, 0.1) is 22.9 Å². The van der Waals surface area contributed by atoms with E-state index in [0.29, 0.717) is 10.6 Å². The van der Waals surface area contributed by atoms with Gasteiger partial charge in [0.2, 0.25) is 21.8 Å². The molecule has 0 aliphatic heterocycles. The molecule has 0 saturated carbocycles. The first-order valence-electron chi connectivity index (χ1n) is 7.54. The second-order valence-corrected chi connectivity index (χ2v) is 7.70. The predicted molar refractivity (Wildman–Crippen MR) is 95.4 cm³/mol. The number of sulfonamides is 1. The number of nitrogens with one attached hydrogen (secondary N) is 1. The van der Waals surface area contributed by atoms with Gasteiger partial charge in [0.25, 0.3) is 0 Å². The highest BCUT2D eigenvalue weighted by Crippen LogP contribution is 2.26. The summed E-state index contributed by atoms with van der Waals surface area (Å²) in [5.41, 5.74) is 2.27. The minimum atomic E-state index is -3.52. The standard InChI is InChI=1S/C17H16ClN3O3S/c1-12-6-2-3-7-13(12)11-25(22,23)19-10-16-20-21-17(24-16)14-8-4-5-9-15(14)18/h2-9,19H,10-11H2,1H3. The molecule has 25 heavy (non-hydrogen) atoms. The molecule has 0 atom stereocenters. The molecule has 1 aromatic heterocycles. The maximum absolute atomic E-state index is 12.2. The van der Waals surface area contributed by atoms with Crippen LogP contribution in [0.25, 0.3) is 11.5 Å². The Morgan fingerprint density at radius 2 is 1.80 bits per heavy atom. The average molecular weight is 378 g/mol. The minimum Gasteiger partial charge on any atom is -0.419 e. The summed E-state index contributed by atoms with van der Waals surface area (Å²) < 4.78 is 32.4. The summed E-state index contributed by atoms with van der Waals surface area (Å²) in [6.45, 7) is 1.80. The van der Waals surface area contributed by atoms with Crippen molar-refractivity contribution in [2.45, 2.75) is 19.2 Å². The summed E-state index contributed by atoms with van der Waals surface area (Å²) in [5, 5.41) is 8.25. The van der Waals surface area contributed by atoms with Crippen LogP contribution in [0.4, 0.5) is 0 Å². The van der Waals surface area contributed by atoms with Gasteiger partial charge in [0, 0.05) is 0 Å². The third-order valence-electron chi connectivity index (χ3n) is 3.62. The van der Waals surface area contributed by atoms with Crippen LogP contribution < -0.4 is 4.72 Å². The molecule has 0 aliphatic carbocycles. The lowest BCUT2D eigenvalue weighted by Gasteiger charge is -2.07. The van der Waals surface area contributed by atoms with Gasteiger partial charge in [-0.05, 0) is 30.2 Å². The second-order valence-electron chi connectivity index (χ2n) is 5.49. The van der Waals surface area contributed by atoms with E-state index >= 15 is 0 Å². The first kappa shape index (κ1) is 17.6. The van der Waals surface area contributed by atoms with Gasteiger partial charge >= 0.3 is 0 Å². The number of hydrogen-bond acceptors (Lipinski definition) is 5. The molecule has 0 unspecified atom stereocenters. The number of hydrogen-bond donors (Lipinski definition) is 1. The van der Waals surface area contributed by atoms with E-state index in [0.717, 1.165) is 11.1 Å². The molecule has 130 valence electrons. The third kappa shape index (κ3) is 4.45. The van der Waals surface area contributed by atoms with E-state index in [2.05, 4.69) is 14.9 Å². The number of aryl methyl sites for hydroxylation is 1. The minimum absolute atomic E-state index is 0.0777. The van der Waals surface area contributed by atoms with E-state index in [1.807, 2.05) is 25.1 Å². The Labute approximate surface area is 150 Å². The van der Waals surface area contributed by atoms with Crippen LogP contribution in [0.5, 0.6) is 0 Å². The van der Waals surface area contributed by atoms with Crippen LogP contribution in [0.3, 0.4) is 0 Å². The summed E-state index contributed by atoms with van der Waals surface area (Å²) in [5.74, 6) is 0.313. The first-order valence-corrected chi connectivity index (χ1v) is 9.57. The lowest BCUT2D eigenvalue weighted by atomic mass is 10.1. The van der Waals surface area contributed by atoms with Crippen LogP contribution in [0.2, 0.25) is 5.02 Å². The number of halogens is 1. The molecule has 6 nitrogen and oxygen atoms in total. The van der Waals surface area contributed by atoms with Crippen LogP contribution >= 0.6 is 11.6 Å². The fourth-order valence-electron chi connectivity index (χ4n) is 2.27. The van der Waals surface area contributed by atoms with Crippen LogP contribution in [-0.4, -0.2) is 18.6 Å². The largest absolute Gasteiger partial charge is 0.419 e. The summed E-state index contributed by atoms with van der Waals surface area (Å²) >= 11 is 6.08. The Morgan fingerprint density at radius 3 is 2.56 bits per heavy atom. The molecule has 0 spiro atoms. The van der Waals surface area contributed by atoms with E-state index < -0.39 is 10.0 Å².